The minimum atomic E-state index is -3.79. The van der Waals surface area contributed by atoms with Crippen molar-refractivity contribution in [2.24, 2.45) is 4.99 Å². The number of benzene rings is 2. The number of allylic oxidation sites excluding steroid dienone is 1. The Labute approximate surface area is 157 Å². The van der Waals surface area contributed by atoms with E-state index in [0.717, 1.165) is 5.39 Å². The van der Waals surface area contributed by atoms with Gasteiger partial charge in [0.1, 0.15) is 5.82 Å². The fourth-order valence-electron chi connectivity index (χ4n) is 3.25. The van der Waals surface area contributed by atoms with Crippen molar-refractivity contribution in [2.45, 2.75) is 21.4 Å². The Morgan fingerprint density at radius 2 is 1.96 bits per heavy atom. The molecule has 1 aliphatic heterocycles. The Morgan fingerprint density at radius 1 is 1.15 bits per heavy atom. The van der Waals surface area contributed by atoms with Gasteiger partial charge in [-0.1, -0.05) is 36.4 Å². The van der Waals surface area contributed by atoms with Crippen LogP contribution in [0.3, 0.4) is 0 Å². The maximum Gasteiger partial charge on any atom is 0.208 e. The number of hydrogen-bond donors (Lipinski definition) is 2. The number of aromatic amines is 1. The molecule has 0 saturated carbocycles. The number of aromatic nitrogens is 2. The summed E-state index contributed by atoms with van der Waals surface area (Å²) in [7, 11) is -3.79. The number of sulfone groups is 1. The van der Waals surface area contributed by atoms with Crippen molar-refractivity contribution >= 4 is 39.5 Å². The minimum absolute atomic E-state index is 0.183. The number of hydrogen-bond acceptors (Lipinski definition) is 5. The maximum atomic E-state index is 13.6. The van der Waals surface area contributed by atoms with Crippen molar-refractivity contribution < 1.29 is 8.42 Å². The number of thiol groups is 1. The summed E-state index contributed by atoms with van der Waals surface area (Å²) in [5.74, 6) is 0.622. The van der Waals surface area contributed by atoms with Crippen molar-refractivity contribution in [2.75, 3.05) is 0 Å². The highest BCUT2D eigenvalue weighted by molar-refractivity contribution is 7.93. The average Bonchev–Trinajstić information content (AvgIpc) is 3.34. The summed E-state index contributed by atoms with van der Waals surface area (Å²) in [6.45, 7) is 0. The van der Waals surface area contributed by atoms with Crippen LogP contribution in [0.5, 0.6) is 0 Å². The Bertz CT molecular complexity index is 1090. The lowest BCUT2D eigenvalue weighted by Gasteiger charge is -2.27. The van der Waals surface area contributed by atoms with E-state index in [0.29, 0.717) is 11.2 Å². The van der Waals surface area contributed by atoms with Crippen LogP contribution in [0, 0.1) is 0 Å². The van der Waals surface area contributed by atoms with Gasteiger partial charge in [0.05, 0.1) is 10.1 Å². The molecule has 0 bridgehead atoms. The Morgan fingerprint density at radius 3 is 2.69 bits per heavy atom. The van der Waals surface area contributed by atoms with E-state index >= 15 is 0 Å². The molecule has 0 spiro atoms. The first kappa shape index (κ1) is 17.1. The predicted octanol–water partition coefficient (Wildman–Crippen LogP) is 3.73. The largest absolute Gasteiger partial charge is 0.348 e. The van der Waals surface area contributed by atoms with Crippen LogP contribution in [-0.4, -0.2) is 29.5 Å². The third kappa shape index (κ3) is 2.68. The van der Waals surface area contributed by atoms with Crippen molar-refractivity contribution in [1.29, 1.82) is 0 Å². The molecule has 2 heterocycles. The fourth-order valence-corrected chi connectivity index (χ4v) is 5.75. The van der Waals surface area contributed by atoms with Gasteiger partial charge in [0, 0.05) is 30.4 Å². The van der Waals surface area contributed by atoms with E-state index in [1.54, 1.807) is 36.7 Å². The van der Waals surface area contributed by atoms with Gasteiger partial charge in [-0.25, -0.2) is 13.4 Å². The summed E-state index contributed by atoms with van der Waals surface area (Å²) in [5, 5.41) is 1.18. The molecule has 0 fully saturated rings. The third-order valence-electron chi connectivity index (χ3n) is 4.56. The second kappa shape index (κ2) is 6.41. The normalized spacial score (nSPS) is 20.7. The van der Waals surface area contributed by atoms with Gasteiger partial charge in [0.25, 0.3) is 0 Å². The van der Waals surface area contributed by atoms with Gasteiger partial charge < -0.3 is 4.98 Å². The van der Waals surface area contributed by atoms with Crippen LogP contribution >= 0.6 is 12.6 Å². The lowest BCUT2D eigenvalue weighted by molar-refractivity contribution is 0.540. The van der Waals surface area contributed by atoms with Crippen LogP contribution in [0.4, 0.5) is 0 Å². The number of nitrogens with one attached hydrogen (secondary N) is 1. The highest BCUT2D eigenvalue weighted by atomic mass is 32.2. The Hall–Kier alpha value is -2.38. The molecule has 4 rings (SSSR count). The highest BCUT2D eigenvalue weighted by Gasteiger charge is 2.45. The number of imidazole rings is 1. The second-order valence-corrected chi connectivity index (χ2v) is 8.93. The van der Waals surface area contributed by atoms with Crippen LogP contribution in [-0.2, 0) is 9.84 Å². The summed E-state index contributed by atoms with van der Waals surface area (Å²) in [6, 6.07) is 12.8. The summed E-state index contributed by atoms with van der Waals surface area (Å²) in [4.78, 5) is 10.4. The van der Waals surface area contributed by atoms with Crippen LogP contribution in [0.15, 0.2) is 76.9 Å². The van der Waals surface area contributed by atoms with Crippen LogP contribution in [0.25, 0.3) is 10.8 Å². The summed E-state index contributed by atoms with van der Waals surface area (Å²) in [5.41, 5.74) is 0. The third-order valence-corrected chi connectivity index (χ3v) is 7.26. The monoisotopic (exact) mass is 383 g/mol. The van der Waals surface area contributed by atoms with Crippen LogP contribution in [0.1, 0.15) is 17.5 Å². The molecule has 2 atom stereocenters. The Balaban J connectivity index is 1.83. The van der Waals surface area contributed by atoms with E-state index in [2.05, 4.69) is 27.6 Å². The van der Waals surface area contributed by atoms with Crippen LogP contribution < -0.4 is 0 Å². The molecule has 26 heavy (non-hydrogen) atoms. The lowest BCUT2D eigenvalue weighted by atomic mass is 10.1. The molecule has 2 unspecified atom stereocenters. The zero-order valence-electron chi connectivity index (χ0n) is 13.8. The van der Waals surface area contributed by atoms with E-state index in [1.165, 1.54) is 6.21 Å². The van der Waals surface area contributed by atoms with Gasteiger partial charge in [0.15, 0.2) is 4.87 Å². The minimum Gasteiger partial charge on any atom is -0.348 e. The van der Waals surface area contributed by atoms with E-state index in [9.17, 15) is 8.42 Å². The van der Waals surface area contributed by atoms with E-state index in [1.807, 2.05) is 30.3 Å². The molecule has 2 aromatic carbocycles. The SMILES string of the molecule is O=S(=O)(c1cccc2ccccc12)C1(CC(S)c2ncc[nH]2)C=CC=N1. The summed E-state index contributed by atoms with van der Waals surface area (Å²) >= 11 is 4.57. The highest BCUT2D eigenvalue weighted by Crippen LogP contribution is 2.41. The molecular weight excluding hydrogens is 366 g/mol. The molecule has 0 amide bonds. The molecule has 5 nitrogen and oxygen atoms in total. The van der Waals surface area contributed by atoms with Gasteiger partial charge in [0.2, 0.25) is 9.84 Å². The number of H-pyrrole nitrogens is 1. The zero-order chi connectivity index (χ0) is 18.2. The Kier molecular flexibility index (Phi) is 4.20. The van der Waals surface area contributed by atoms with Crippen molar-refractivity contribution in [1.82, 2.24) is 9.97 Å². The molecule has 3 aromatic rings. The standard InChI is InChI=1S/C19H17N3O2S2/c23-26(24,17-8-3-6-14-5-1-2-7-15(14)17)19(9-4-10-22-19)13-16(25)18-20-11-12-21-18/h1-12,16,25H,13H2,(H,20,21). The van der Waals surface area contributed by atoms with E-state index < -0.39 is 20.0 Å². The molecule has 0 saturated heterocycles. The number of nitrogens with zero attached hydrogens (tertiary/aromatic N) is 2. The smallest absolute Gasteiger partial charge is 0.208 e. The van der Waals surface area contributed by atoms with E-state index in [-0.39, 0.29) is 11.3 Å². The zero-order valence-corrected chi connectivity index (χ0v) is 15.5. The average molecular weight is 383 g/mol. The van der Waals surface area contributed by atoms with Crippen molar-refractivity contribution in [3.63, 3.8) is 0 Å². The van der Waals surface area contributed by atoms with Gasteiger partial charge in [-0.05, 0) is 23.6 Å². The molecule has 0 aliphatic carbocycles. The predicted molar refractivity (Wildman–Crippen MR) is 106 cm³/mol. The van der Waals surface area contributed by atoms with Gasteiger partial charge in [-0.3, -0.25) is 4.99 Å². The molecule has 7 heteroatoms. The summed E-state index contributed by atoms with van der Waals surface area (Å²) < 4.78 is 27.3. The van der Waals surface area contributed by atoms with Crippen LogP contribution in [0.2, 0.25) is 0 Å². The molecule has 1 aliphatic rings. The molecule has 1 N–H and O–H groups in total. The second-order valence-electron chi connectivity index (χ2n) is 6.16. The quantitative estimate of drug-likeness (QED) is 0.659. The molecule has 0 radical (unpaired) electrons. The first-order valence-corrected chi connectivity index (χ1v) is 10.2. The van der Waals surface area contributed by atoms with Gasteiger partial charge in [-0.2, -0.15) is 12.6 Å². The first-order chi connectivity index (χ1) is 12.5. The number of rotatable bonds is 5. The summed E-state index contributed by atoms with van der Waals surface area (Å²) in [6.07, 6.45) is 8.34. The van der Waals surface area contributed by atoms with Gasteiger partial charge in [-0.15, -0.1) is 0 Å². The molecular formula is C19H17N3O2S2. The molecule has 132 valence electrons. The van der Waals surface area contributed by atoms with Gasteiger partial charge >= 0.3 is 0 Å². The number of fused-ring (bicyclic) bond motifs is 1. The van der Waals surface area contributed by atoms with Crippen molar-refractivity contribution in [3.8, 4) is 0 Å². The van der Waals surface area contributed by atoms with Crippen molar-refractivity contribution in [3.05, 3.63) is 72.8 Å². The molecule has 1 aromatic heterocycles. The first-order valence-electron chi connectivity index (χ1n) is 8.16. The maximum absolute atomic E-state index is 13.6. The lowest BCUT2D eigenvalue weighted by Crippen LogP contribution is -2.35. The fraction of sp³-hybridized carbons (Fsp3) is 0.158. The topological polar surface area (TPSA) is 75.2 Å². The number of aliphatic imine (C=N–C) groups is 1. The van der Waals surface area contributed by atoms with E-state index in [4.69, 9.17) is 0 Å².